The number of primary amides is 1. The third-order valence-electron chi connectivity index (χ3n) is 5.31. The van der Waals surface area contributed by atoms with Gasteiger partial charge in [-0.3, -0.25) is 9.59 Å². The van der Waals surface area contributed by atoms with Crippen molar-refractivity contribution in [1.82, 2.24) is 15.0 Å². The van der Waals surface area contributed by atoms with Crippen LogP contribution < -0.4 is 5.73 Å². The largest absolute Gasteiger partial charge is 0.466 e. The van der Waals surface area contributed by atoms with Gasteiger partial charge in [-0.05, 0) is 50.6 Å². The van der Waals surface area contributed by atoms with Crippen molar-refractivity contribution in [3.05, 3.63) is 70.6 Å². The Balaban J connectivity index is 1.85. The number of aromatic nitrogens is 2. The van der Waals surface area contributed by atoms with Crippen molar-refractivity contribution in [3.8, 4) is 11.3 Å². The number of aryl methyl sites for hydroxylation is 3. The lowest BCUT2D eigenvalue weighted by Gasteiger charge is -2.26. The highest BCUT2D eigenvalue weighted by atomic mass is 19.1. The quantitative estimate of drug-likeness (QED) is 0.508. The molecule has 4 aromatic rings. The first-order valence-electron chi connectivity index (χ1n) is 9.83. The number of benzene rings is 1. The summed E-state index contributed by atoms with van der Waals surface area (Å²) in [4.78, 5) is 31.5. The van der Waals surface area contributed by atoms with Crippen LogP contribution in [0.2, 0.25) is 0 Å². The zero-order chi connectivity index (χ0) is 23.2. The second kappa shape index (κ2) is 7.92. The van der Waals surface area contributed by atoms with Crippen molar-refractivity contribution >= 4 is 22.9 Å². The Morgan fingerprint density at radius 1 is 1.16 bits per heavy atom. The minimum atomic E-state index is -1.18. The van der Waals surface area contributed by atoms with Crippen molar-refractivity contribution in [3.63, 3.8) is 0 Å². The van der Waals surface area contributed by atoms with Gasteiger partial charge in [0.25, 0.3) is 11.6 Å². The summed E-state index contributed by atoms with van der Waals surface area (Å²) in [5, 5.41) is 4.36. The molecule has 2 amide bonds. The topological polar surface area (TPSA) is 115 Å². The summed E-state index contributed by atoms with van der Waals surface area (Å²) < 4.78 is 24.7. The summed E-state index contributed by atoms with van der Waals surface area (Å²) in [6.07, 6.45) is 0. The van der Waals surface area contributed by atoms with E-state index in [1.54, 1.807) is 19.9 Å². The van der Waals surface area contributed by atoms with E-state index in [1.807, 2.05) is 13.0 Å². The zero-order valence-electron chi connectivity index (χ0n) is 18.0. The van der Waals surface area contributed by atoms with Crippen LogP contribution in [0.1, 0.15) is 39.2 Å². The number of amides is 2. The molecule has 1 atom stereocenters. The smallest absolute Gasteiger partial charge is 0.259 e. The SMILES string of the molecule is Cc1cc(-c2cc(C(=O)N(C)C(C(N)=O)c3cccc(F)c3)c3c(C)noc3n2)c(C)o1. The molecule has 0 saturated heterocycles. The van der Waals surface area contributed by atoms with Gasteiger partial charge in [0, 0.05) is 12.6 Å². The fraction of sp³-hybridized carbons (Fsp3) is 0.217. The molecule has 164 valence electrons. The molecule has 9 heteroatoms. The zero-order valence-corrected chi connectivity index (χ0v) is 18.0. The molecule has 0 bridgehead atoms. The van der Waals surface area contributed by atoms with E-state index in [4.69, 9.17) is 14.7 Å². The number of carbonyl (C=O) groups is 2. The van der Waals surface area contributed by atoms with Gasteiger partial charge in [0.2, 0.25) is 5.91 Å². The molecule has 0 fully saturated rings. The maximum absolute atomic E-state index is 13.8. The third-order valence-corrected chi connectivity index (χ3v) is 5.31. The van der Waals surface area contributed by atoms with Gasteiger partial charge in [0.15, 0.2) is 0 Å². The maximum Gasteiger partial charge on any atom is 0.259 e. The van der Waals surface area contributed by atoms with Gasteiger partial charge < -0.3 is 19.6 Å². The molecule has 0 aliphatic carbocycles. The number of fused-ring (bicyclic) bond motifs is 1. The number of likely N-dealkylation sites (N-methyl/N-ethyl adjacent to an activating group) is 1. The van der Waals surface area contributed by atoms with Crippen LogP contribution in [0.15, 0.2) is 45.3 Å². The molecule has 32 heavy (non-hydrogen) atoms. The molecule has 0 saturated carbocycles. The molecule has 1 unspecified atom stereocenters. The summed E-state index contributed by atoms with van der Waals surface area (Å²) in [7, 11) is 1.44. The Labute approximate surface area is 182 Å². The molecule has 0 radical (unpaired) electrons. The first-order chi connectivity index (χ1) is 15.2. The monoisotopic (exact) mass is 436 g/mol. The minimum Gasteiger partial charge on any atom is -0.466 e. The van der Waals surface area contributed by atoms with Gasteiger partial charge in [-0.15, -0.1) is 0 Å². The Hall–Kier alpha value is -4.01. The van der Waals surface area contributed by atoms with E-state index in [2.05, 4.69) is 10.1 Å². The van der Waals surface area contributed by atoms with Crippen LogP contribution in [0.4, 0.5) is 4.39 Å². The van der Waals surface area contributed by atoms with Gasteiger partial charge in [-0.1, -0.05) is 17.3 Å². The molecule has 0 aliphatic heterocycles. The van der Waals surface area contributed by atoms with Gasteiger partial charge in [-0.25, -0.2) is 9.37 Å². The molecule has 8 nitrogen and oxygen atoms in total. The number of carbonyl (C=O) groups excluding carboxylic acids is 2. The van der Waals surface area contributed by atoms with Crippen LogP contribution >= 0.6 is 0 Å². The number of nitrogens with two attached hydrogens (primary N) is 1. The molecule has 2 N–H and O–H groups in total. The van der Waals surface area contributed by atoms with Crippen molar-refractivity contribution < 1.29 is 22.9 Å². The maximum atomic E-state index is 13.8. The van der Waals surface area contributed by atoms with Crippen molar-refractivity contribution in [1.29, 1.82) is 0 Å². The lowest BCUT2D eigenvalue weighted by molar-refractivity contribution is -0.122. The van der Waals surface area contributed by atoms with E-state index in [1.165, 1.54) is 36.2 Å². The van der Waals surface area contributed by atoms with Crippen molar-refractivity contribution in [2.24, 2.45) is 5.73 Å². The highest BCUT2D eigenvalue weighted by Crippen LogP contribution is 2.32. The predicted molar refractivity (Wildman–Crippen MR) is 114 cm³/mol. The highest BCUT2D eigenvalue weighted by molar-refractivity contribution is 6.08. The van der Waals surface area contributed by atoms with Crippen molar-refractivity contribution in [2.75, 3.05) is 7.05 Å². The van der Waals surface area contributed by atoms with Crippen LogP contribution in [0.25, 0.3) is 22.4 Å². The van der Waals surface area contributed by atoms with Crippen LogP contribution in [0, 0.1) is 26.6 Å². The molecule has 3 aromatic heterocycles. The molecular formula is C23H21FN4O4. The van der Waals surface area contributed by atoms with E-state index in [9.17, 15) is 14.0 Å². The Morgan fingerprint density at radius 3 is 2.53 bits per heavy atom. The number of rotatable bonds is 5. The molecular weight excluding hydrogens is 415 g/mol. The number of halogens is 1. The summed E-state index contributed by atoms with van der Waals surface area (Å²) in [6.45, 7) is 5.29. The normalized spacial score (nSPS) is 12.2. The van der Waals surface area contributed by atoms with Crippen molar-refractivity contribution in [2.45, 2.75) is 26.8 Å². The van der Waals surface area contributed by atoms with E-state index >= 15 is 0 Å². The number of hydrogen-bond donors (Lipinski definition) is 1. The summed E-state index contributed by atoms with van der Waals surface area (Å²) in [5.74, 6) is -0.523. The summed E-state index contributed by atoms with van der Waals surface area (Å²) >= 11 is 0. The van der Waals surface area contributed by atoms with Crippen LogP contribution in [-0.2, 0) is 4.79 Å². The number of furan rings is 1. The standard InChI is InChI=1S/C23H21FN4O4/c1-11-8-16(13(3)31-11)18-10-17(19-12(2)27-32-22(19)26-18)23(30)28(4)20(21(25)29)14-6-5-7-15(24)9-14/h5-10,20H,1-4H3,(H2,25,29). The van der Waals surface area contributed by atoms with E-state index < -0.39 is 23.7 Å². The fourth-order valence-electron chi connectivity index (χ4n) is 3.85. The van der Waals surface area contributed by atoms with Crippen LogP contribution in [0.5, 0.6) is 0 Å². The average Bonchev–Trinajstić information content (AvgIpc) is 3.28. The van der Waals surface area contributed by atoms with Gasteiger partial charge in [0.05, 0.1) is 22.3 Å². The first-order valence-corrected chi connectivity index (χ1v) is 9.83. The molecule has 3 heterocycles. The van der Waals surface area contributed by atoms with Crippen LogP contribution in [0.3, 0.4) is 0 Å². The second-order valence-electron chi connectivity index (χ2n) is 7.61. The molecule has 1 aromatic carbocycles. The first kappa shape index (κ1) is 21.2. The lowest BCUT2D eigenvalue weighted by Crippen LogP contribution is -2.39. The van der Waals surface area contributed by atoms with Gasteiger partial charge >= 0.3 is 0 Å². The summed E-state index contributed by atoms with van der Waals surface area (Å²) in [5.41, 5.74) is 7.89. The third kappa shape index (κ3) is 3.62. The van der Waals surface area contributed by atoms with Gasteiger partial charge in [-0.2, -0.15) is 0 Å². The molecule has 0 aliphatic rings. The fourth-order valence-corrected chi connectivity index (χ4v) is 3.85. The Morgan fingerprint density at radius 2 is 1.91 bits per heavy atom. The minimum absolute atomic E-state index is 0.177. The Bertz CT molecular complexity index is 1360. The average molecular weight is 436 g/mol. The van der Waals surface area contributed by atoms with Crippen LogP contribution in [-0.4, -0.2) is 33.9 Å². The Kier molecular flexibility index (Phi) is 5.25. The second-order valence-corrected chi connectivity index (χ2v) is 7.61. The van der Waals surface area contributed by atoms with E-state index in [0.29, 0.717) is 33.9 Å². The molecule has 0 spiro atoms. The highest BCUT2D eigenvalue weighted by Gasteiger charge is 2.30. The predicted octanol–water partition coefficient (Wildman–Crippen LogP) is 3.85. The lowest BCUT2D eigenvalue weighted by atomic mass is 10.0. The summed E-state index contributed by atoms with van der Waals surface area (Å²) in [6, 6.07) is 7.65. The number of pyridine rings is 1. The van der Waals surface area contributed by atoms with E-state index in [0.717, 1.165) is 0 Å². The number of hydrogen-bond acceptors (Lipinski definition) is 6. The number of nitrogens with zero attached hydrogens (tertiary/aromatic N) is 3. The molecule has 4 rings (SSSR count). The van der Waals surface area contributed by atoms with Gasteiger partial charge in [0.1, 0.15) is 23.4 Å². The van der Waals surface area contributed by atoms with E-state index in [-0.39, 0.29) is 16.8 Å².